The van der Waals surface area contributed by atoms with Crippen molar-refractivity contribution in [2.24, 2.45) is 17.4 Å². The van der Waals surface area contributed by atoms with Crippen LogP contribution in [0.3, 0.4) is 0 Å². The Labute approximate surface area is 190 Å². The molecule has 0 spiro atoms. The zero-order chi connectivity index (χ0) is 23.1. The van der Waals surface area contributed by atoms with E-state index in [1.54, 1.807) is 0 Å². The van der Waals surface area contributed by atoms with E-state index in [-0.39, 0.29) is 24.0 Å². The summed E-state index contributed by atoms with van der Waals surface area (Å²) >= 11 is 0. The Morgan fingerprint density at radius 1 is 1.30 bits per heavy atom. The number of rotatable bonds is 5. The molecular weight excluding hydrogens is 422 g/mol. The summed E-state index contributed by atoms with van der Waals surface area (Å²) in [6.07, 6.45) is 2.48. The molecule has 0 saturated heterocycles. The van der Waals surface area contributed by atoms with E-state index in [1.165, 1.54) is 0 Å². The molecule has 1 aliphatic heterocycles. The molecule has 1 aromatic heterocycles. The van der Waals surface area contributed by atoms with E-state index in [0.29, 0.717) is 22.5 Å². The van der Waals surface area contributed by atoms with E-state index in [9.17, 15) is 9.90 Å². The van der Waals surface area contributed by atoms with Crippen molar-refractivity contribution < 1.29 is 19.1 Å². The Bertz CT molecular complexity index is 1290. The van der Waals surface area contributed by atoms with Crippen LogP contribution in [-0.2, 0) is 10.3 Å². The predicted molar refractivity (Wildman–Crippen MR) is 123 cm³/mol. The molecule has 8 N–H and O–H groups in total. The molecule has 0 amide bonds. The molecule has 2 aromatic carbocycles. The van der Waals surface area contributed by atoms with Gasteiger partial charge in [0.1, 0.15) is 17.3 Å². The molecule has 9 nitrogen and oxygen atoms in total. The average molecular weight is 450 g/mol. The third-order valence-corrected chi connectivity index (χ3v) is 7.43. The normalized spacial score (nSPS) is 28.9. The number of oxazole rings is 1. The molecule has 0 bridgehead atoms. The first kappa shape index (κ1) is 20.3. The summed E-state index contributed by atoms with van der Waals surface area (Å²) < 4.78 is 11.6. The van der Waals surface area contributed by atoms with Gasteiger partial charge in [0.15, 0.2) is 5.58 Å². The number of anilines is 2. The zero-order valence-corrected chi connectivity index (χ0v) is 18.2. The lowest BCUT2D eigenvalue weighted by molar-refractivity contribution is -0.138. The van der Waals surface area contributed by atoms with Gasteiger partial charge in [-0.1, -0.05) is 6.07 Å². The first-order chi connectivity index (χ1) is 15.8. The zero-order valence-electron chi connectivity index (χ0n) is 18.2. The number of hydrogen-bond acceptors (Lipinski definition) is 8. The van der Waals surface area contributed by atoms with Gasteiger partial charge in [0.25, 0.3) is 6.01 Å². The summed E-state index contributed by atoms with van der Waals surface area (Å²) in [5.41, 5.74) is 23.5. The Morgan fingerprint density at radius 3 is 2.82 bits per heavy atom. The van der Waals surface area contributed by atoms with E-state index in [2.05, 4.69) is 10.3 Å². The van der Waals surface area contributed by atoms with Gasteiger partial charge in [-0.05, 0) is 61.4 Å². The quantitative estimate of drug-likeness (QED) is 0.394. The molecule has 5 atom stereocenters. The summed E-state index contributed by atoms with van der Waals surface area (Å²) in [5.74, 6) is -0.0519. The predicted octanol–water partition coefficient (Wildman–Crippen LogP) is 2.81. The molecule has 1 saturated carbocycles. The van der Waals surface area contributed by atoms with Gasteiger partial charge in [0, 0.05) is 23.2 Å². The standard InChI is InChI=1S/C24H27N5O4/c1-10-6-15-19-14(8-13(9-18(19)32-10)28-20(22(30)31)11-2-3-11)21(25)24(15,27)12-4-5-17-16(7-12)29-23(26)33-17/h4-5,7-11,15,20-21,28H,2-3,6,25,27H2,1H3,(H2,26,29)(H,30,31)/t10-,15?,20+,21?,24+/m1/s1. The van der Waals surface area contributed by atoms with Crippen LogP contribution in [0.4, 0.5) is 11.7 Å². The van der Waals surface area contributed by atoms with Crippen molar-refractivity contribution in [3.05, 3.63) is 47.0 Å². The van der Waals surface area contributed by atoms with E-state index < -0.39 is 23.6 Å². The number of nitrogen functional groups attached to an aromatic ring is 1. The van der Waals surface area contributed by atoms with Crippen molar-refractivity contribution >= 4 is 28.8 Å². The Morgan fingerprint density at radius 2 is 2.09 bits per heavy atom. The second-order valence-corrected chi connectivity index (χ2v) is 9.64. The Kier molecular flexibility index (Phi) is 4.22. The number of ether oxygens (including phenoxy) is 1. The first-order valence-electron chi connectivity index (χ1n) is 11.3. The number of nitrogens with one attached hydrogen (secondary N) is 1. The fourth-order valence-corrected chi connectivity index (χ4v) is 5.67. The van der Waals surface area contributed by atoms with Crippen molar-refractivity contribution in [2.75, 3.05) is 11.1 Å². The number of carboxylic acids is 1. The van der Waals surface area contributed by atoms with Gasteiger partial charge in [0.2, 0.25) is 0 Å². The maximum Gasteiger partial charge on any atom is 0.326 e. The number of aliphatic carboxylic acids is 1. The van der Waals surface area contributed by atoms with Crippen molar-refractivity contribution in [3.8, 4) is 5.75 Å². The van der Waals surface area contributed by atoms with E-state index in [0.717, 1.165) is 36.0 Å². The van der Waals surface area contributed by atoms with E-state index in [1.807, 2.05) is 37.3 Å². The third-order valence-electron chi connectivity index (χ3n) is 7.43. The van der Waals surface area contributed by atoms with Crippen LogP contribution in [0, 0.1) is 5.92 Å². The lowest BCUT2D eigenvalue weighted by Crippen LogP contribution is -2.48. The minimum Gasteiger partial charge on any atom is -0.490 e. The van der Waals surface area contributed by atoms with Crippen molar-refractivity contribution in [1.29, 1.82) is 0 Å². The van der Waals surface area contributed by atoms with Gasteiger partial charge in [-0.2, -0.15) is 4.98 Å². The summed E-state index contributed by atoms with van der Waals surface area (Å²) in [6.45, 7) is 2.01. The molecule has 172 valence electrons. The van der Waals surface area contributed by atoms with Crippen molar-refractivity contribution in [2.45, 2.75) is 55.8 Å². The SMILES string of the molecule is C[C@@H]1CC2c3c(cc(N[C@H](C(=O)O)C4CC4)cc3C(N)[C@]2(N)c2ccc3oc(N)nc3c2)O1. The van der Waals surface area contributed by atoms with Crippen LogP contribution in [-0.4, -0.2) is 28.2 Å². The van der Waals surface area contributed by atoms with Gasteiger partial charge < -0.3 is 36.8 Å². The Hall–Kier alpha value is -3.30. The van der Waals surface area contributed by atoms with Crippen LogP contribution in [0.1, 0.15) is 54.8 Å². The molecule has 2 heterocycles. The lowest BCUT2D eigenvalue weighted by Gasteiger charge is -2.39. The summed E-state index contributed by atoms with van der Waals surface area (Å²) in [4.78, 5) is 16.0. The highest BCUT2D eigenvalue weighted by Gasteiger charge is 2.54. The molecule has 33 heavy (non-hydrogen) atoms. The van der Waals surface area contributed by atoms with Crippen LogP contribution in [0.15, 0.2) is 34.7 Å². The van der Waals surface area contributed by atoms with Crippen LogP contribution >= 0.6 is 0 Å². The number of hydrogen-bond donors (Lipinski definition) is 5. The maximum atomic E-state index is 11.8. The smallest absolute Gasteiger partial charge is 0.326 e. The van der Waals surface area contributed by atoms with Gasteiger partial charge in [-0.25, -0.2) is 4.79 Å². The Balaban J connectivity index is 1.45. The second-order valence-electron chi connectivity index (χ2n) is 9.64. The fourth-order valence-electron chi connectivity index (χ4n) is 5.67. The van der Waals surface area contributed by atoms with Crippen molar-refractivity contribution in [1.82, 2.24) is 4.98 Å². The van der Waals surface area contributed by atoms with Gasteiger partial charge in [0.05, 0.1) is 17.7 Å². The summed E-state index contributed by atoms with van der Waals surface area (Å²) in [7, 11) is 0. The lowest BCUT2D eigenvalue weighted by atomic mass is 9.74. The minimum absolute atomic E-state index is 0.0595. The summed E-state index contributed by atoms with van der Waals surface area (Å²) in [5, 5.41) is 12.9. The second kappa shape index (κ2) is 6.85. The van der Waals surface area contributed by atoms with Crippen LogP contribution in [0.2, 0.25) is 0 Å². The average Bonchev–Trinajstić information content (AvgIpc) is 3.50. The molecule has 2 unspecified atom stereocenters. The molecule has 3 aromatic rings. The van der Waals surface area contributed by atoms with Crippen LogP contribution < -0.4 is 27.3 Å². The molecular formula is C24H27N5O4. The van der Waals surface area contributed by atoms with Crippen LogP contribution in [0.25, 0.3) is 11.1 Å². The van der Waals surface area contributed by atoms with Gasteiger partial charge in [-0.15, -0.1) is 0 Å². The number of nitrogens with two attached hydrogens (primary N) is 3. The van der Waals surface area contributed by atoms with Crippen molar-refractivity contribution in [3.63, 3.8) is 0 Å². The third kappa shape index (κ3) is 2.99. The number of benzene rings is 2. The van der Waals surface area contributed by atoms with Gasteiger partial charge in [-0.3, -0.25) is 0 Å². The minimum atomic E-state index is -0.891. The van der Waals surface area contributed by atoms with Gasteiger partial charge >= 0.3 is 5.97 Å². The largest absolute Gasteiger partial charge is 0.490 e. The fraction of sp³-hybridized carbons (Fsp3) is 0.417. The molecule has 3 aliphatic rings. The monoisotopic (exact) mass is 449 g/mol. The van der Waals surface area contributed by atoms with Crippen LogP contribution in [0.5, 0.6) is 5.75 Å². The number of carbonyl (C=O) groups is 1. The topological polar surface area (TPSA) is 163 Å². The highest BCUT2D eigenvalue weighted by Crippen LogP contribution is 2.59. The molecule has 0 radical (unpaired) electrons. The number of fused-ring (bicyclic) bond motifs is 1. The highest BCUT2D eigenvalue weighted by atomic mass is 16.5. The number of carboxylic acid groups (broad SMARTS) is 1. The molecule has 9 heteroatoms. The summed E-state index contributed by atoms with van der Waals surface area (Å²) in [6, 6.07) is 8.43. The number of nitrogens with zero attached hydrogens (tertiary/aromatic N) is 1. The molecule has 2 aliphatic carbocycles. The van der Waals surface area contributed by atoms with E-state index in [4.69, 9.17) is 26.4 Å². The maximum absolute atomic E-state index is 11.8. The molecule has 6 rings (SSSR count). The first-order valence-corrected chi connectivity index (χ1v) is 11.3. The van der Waals surface area contributed by atoms with E-state index >= 15 is 0 Å². The molecule has 1 fully saturated rings. The number of aromatic nitrogens is 1. The highest BCUT2D eigenvalue weighted by molar-refractivity contribution is 5.79.